The first-order chi connectivity index (χ1) is 9.16. The number of likely N-dealkylation sites (N-methyl/N-ethyl adjacent to an activating group) is 1. The van der Waals surface area contributed by atoms with Crippen LogP contribution >= 0.6 is 0 Å². The zero-order chi connectivity index (χ0) is 13.7. The highest BCUT2D eigenvalue weighted by atomic mass is 16.3. The van der Waals surface area contributed by atoms with Gasteiger partial charge in [0.25, 0.3) is 0 Å². The molecule has 19 heavy (non-hydrogen) atoms. The van der Waals surface area contributed by atoms with E-state index in [2.05, 4.69) is 10.4 Å². The third-order valence-corrected chi connectivity index (χ3v) is 2.85. The van der Waals surface area contributed by atoms with E-state index in [4.69, 9.17) is 4.42 Å². The SMILES string of the molecule is CN(C)[C@H](CNC(=O)Cn1cccn1)c1ccco1. The van der Waals surface area contributed by atoms with Crippen LogP contribution in [0.3, 0.4) is 0 Å². The Kier molecular flexibility index (Phi) is 4.35. The summed E-state index contributed by atoms with van der Waals surface area (Å²) in [5.74, 6) is 0.770. The standard InChI is InChI=1S/C13H18N4O2/c1-16(2)11(12-5-3-8-19-12)9-14-13(18)10-17-7-4-6-15-17/h3-8,11H,9-10H2,1-2H3,(H,14,18)/t11-/m1/s1. The van der Waals surface area contributed by atoms with Crippen LogP contribution in [-0.2, 0) is 11.3 Å². The average molecular weight is 262 g/mol. The van der Waals surface area contributed by atoms with Gasteiger partial charge in [0.15, 0.2) is 0 Å². The summed E-state index contributed by atoms with van der Waals surface area (Å²) in [6, 6.07) is 5.57. The molecule has 0 aliphatic heterocycles. The van der Waals surface area contributed by atoms with E-state index >= 15 is 0 Å². The van der Waals surface area contributed by atoms with Crippen molar-refractivity contribution in [2.75, 3.05) is 20.6 Å². The number of hydrogen-bond donors (Lipinski definition) is 1. The van der Waals surface area contributed by atoms with Crippen LogP contribution < -0.4 is 5.32 Å². The molecular formula is C13H18N4O2. The summed E-state index contributed by atoms with van der Waals surface area (Å²) < 4.78 is 6.97. The van der Waals surface area contributed by atoms with E-state index in [1.165, 1.54) is 0 Å². The zero-order valence-corrected chi connectivity index (χ0v) is 11.1. The second-order valence-electron chi connectivity index (χ2n) is 4.50. The normalized spacial score (nSPS) is 12.6. The minimum Gasteiger partial charge on any atom is -0.468 e. The highest BCUT2D eigenvalue weighted by molar-refractivity contribution is 5.75. The van der Waals surface area contributed by atoms with Crippen molar-refractivity contribution in [1.82, 2.24) is 20.0 Å². The quantitative estimate of drug-likeness (QED) is 0.840. The van der Waals surface area contributed by atoms with Gasteiger partial charge in [-0.25, -0.2) is 0 Å². The van der Waals surface area contributed by atoms with Crippen LogP contribution in [0.1, 0.15) is 11.8 Å². The van der Waals surface area contributed by atoms with Crippen molar-refractivity contribution in [3.63, 3.8) is 0 Å². The minimum absolute atomic E-state index is 0.0246. The predicted molar refractivity (Wildman–Crippen MR) is 70.4 cm³/mol. The van der Waals surface area contributed by atoms with Gasteiger partial charge in [0.1, 0.15) is 12.3 Å². The van der Waals surface area contributed by atoms with Gasteiger partial charge < -0.3 is 9.73 Å². The number of nitrogens with one attached hydrogen (secondary N) is 1. The number of nitrogens with zero attached hydrogens (tertiary/aromatic N) is 3. The van der Waals surface area contributed by atoms with E-state index in [-0.39, 0.29) is 18.5 Å². The Morgan fingerprint density at radius 2 is 2.37 bits per heavy atom. The van der Waals surface area contributed by atoms with E-state index in [1.54, 1.807) is 29.4 Å². The number of hydrogen-bond acceptors (Lipinski definition) is 4. The number of amides is 1. The van der Waals surface area contributed by atoms with Gasteiger partial charge in [-0.1, -0.05) is 0 Å². The van der Waals surface area contributed by atoms with E-state index in [0.29, 0.717) is 6.54 Å². The first kappa shape index (κ1) is 13.4. The maximum atomic E-state index is 11.8. The molecule has 1 atom stereocenters. The molecule has 6 heteroatoms. The maximum Gasteiger partial charge on any atom is 0.241 e. The van der Waals surface area contributed by atoms with Crippen LogP contribution in [0.4, 0.5) is 0 Å². The highest BCUT2D eigenvalue weighted by Gasteiger charge is 2.17. The Morgan fingerprint density at radius 3 is 2.95 bits per heavy atom. The Labute approximate surface area is 112 Å². The lowest BCUT2D eigenvalue weighted by molar-refractivity contribution is -0.122. The van der Waals surface area contributed by atoms with E-state index in [1.807, 2.05) is 31.1 Å². The van der Waals surface area contributed by atoms with Crippen molar-refractivity contribution in [3.05, 3.63) is 42.6 Å². The largest absolute Gasteiger partial charge is 0.468 e. The summed E-state index contributed by atoms with van der Waals surface area (Å²) in [7, 11) is 3.90. The van der Waals surface area contributed by atoms with Crippen molar-refractivity contribution in [1.29, 1.82) is 0 Å². The highest BCUT2D eigenvalue weighted by Crippen LogP contribution is 2.17. The summed E-state index contributed by atoms with van der Waals surface area (Å²) in [5.41, 5.74) is 0. The second-order valence-corrected chi connectivity index (χ2v) is 4.50. The first-order valence-electron chi connectivity index (χ1n) is 6.11. The summed E-state index contributed by atoms with van der Waals surface area (Å²) in [6.45, 7) is 0.728. The van der Waals surface area contributed by atoms with Gasteiger partial charge in [0.05, 0.1) is 12.3 Å². The Balaban J connectivity index is 1.87. The molecule has 0 spiro atoms. The van der Waals surface area contributed by atoms with Crippen molar-refractivity contribution < 1.29 is 9.21 Å². The van der Waals surface area contributed by atoms with Crippen LogP contribution in [0.25, 0.3) is 0 Å². The molecule has 0 fully saturated rings. The molecule has 0 unspecified atom stereocenters. The van der Waals surface area contributed by atoms with Gasteiger partial charge in [0, 0.05) is 18.9 Å². The molecule has 2 rings (SSSR count). The fourth-order valence-corrected chi connectivity index (χ4v) is 1.83. The molecule has 2 aromatic heterocycles. The molecule has 0 aromatic carbocycles. The fraction of sp³-hybridized carbons (Fsp3) is 0.385. The lowest BCUT2D eigenvalue weighted by Gasteiger charge is -2.22. The second kappa shape index (κ2) is 6.19. The molecule has 0 aliphatic carbocycles. The smallest absolute Gasteiger partial charge is 0.241 e. The molecular weight excluding hydrogens is 244 g/mol. The molecule has 1 N–H and O–H groups in total. The molecule has 2 aromatic rings. The number of carbonyl (C=O) groups excluding carboxylic acids is 1. The van der Waals surface area contributed by atoms with Crippen LogP contribution in [0.2, 0.25) is 0 Å². The molecule has 2 heterocycles. The van der Waals surface area contributed by atoms with Crippen molar-refractivity contribution >= 4 is 5.91 Å². The molecule has 0 saturated carbocycles. The summed E-state index contributed by atoms with van der Waals surface area (Å²) in [6.07, 6.45) is 5.05. The van der Waals surface area contributed by atoms with Crippen molar-refractivity contribution in [3.8, 4) is 0 Å². The van der Waals surface area contributed by atoms with Gasteiger partial charge >= 0.3 is 0 Å². The minimum atomic E-state index is -0.0675. The van der Waals surface area contributed by atoms with Gasteiger partial charge in [-0.05, 0) is 32.3 Å². The monoisotopic (exact) mass is 262 g/mol. The molecule has 102 valence electrons. The topological polar surface area (TPSA) is 63.3 Å². The number of rotatable bonds is 6. The van der Waals surface area contributed by atoms with Crippen LogP contribution in [-0.4, -0.2) is 41.2 Å². The molecule has 1 amide bonds. The van der Waals surface area contributed by atoms with E-state index in [0.717, 1.165) is 5.76 Å². The summed E-state index contributed by atoms with van der Waals surface area (Å²) in [5, 5.41) is 6.88. The number of carbonyl (C=O) groups is 1. The summed E-state index contributed by atoms with van der Waals surface area (Å²) in [4.78, 5) is 13.8. The molecule has 0 aliphatic rings. The van der Waals surface area contributed by atoms with Crippen molar-refractivity contribution in [2.24, 2.45) is 0 Å². The zero-order valence-electron chi connectivity index (χ0n) is 11.1. The van der Waals surface area contributed by atoms with E-state index < -0.39 is 0 Å². The van der Waals surface area contributed by atoms with E-state index in [9.17, 15) is 4.79 Å². The van der Waals surface area contributed by atoms with Crippen LogP contribution in [0.15, 0.2) is 41.3 Å². The molecule has 6 nitrogen and oxygen atoms in total. The molecule has 0 saturated heterocycles. The Bertz CT molecular complexity index is 491. The Morgan fingerprint density at radius 1 is 1.53 bits per heavy atom. The first-order valence-corrected chi connectivity index (χ1v) is 6.11. The van der Waals surface area contributed by atoms with Crippen LogP contribution in [0.5, 0.6) is 0 Å². The third kappa shape index (κ3) is 3.69. The van der Waals surface area contributed by atoms with Gasteiger partial charge in [-0.15, -0.1) is 0 Å². The van der Waals surface area contributed by atoms with Crippen LogP contribution in [0, 0.1) is 0 Å². The van der Waals surface area contributed by atoms with Crippen molar-refractivity contribution in [2.45, 2.75) is 12.6 Å². The van der Waals surface area contributed by atoms with Gasteiger partial charge in [-0.3, -0.25) is 14.4 Å². The fourth-order valence-electron chi connectivity index (χ4n) is 1.83. The number of aromatic nitrogens is 2. The average Bonchev–Trinajstić information content (AvgIpc) is 3.01. The van der Waals surface area contributed by atoms with Gasteiger partial charge in [0.2, 0.25) is 5.91 Å². The lowest BCUT2D eigenvalue weighted by atomic mass is 10.2. The summed E-state index contributed by atoms with van der Waals surface area (Å²) >= 11 is 0. The molecule has 0 radical (unpaired) electrons. The van der Waals surface area contributed by atoms with Gasteiger partial charge in [-0.2, -0.15) is 5.10 Å². The number of furan rings is 1. The third-order valence-electron chi connectivity index (χ3n) is 2.85. The predicted octanol–water partition coefficient (Wildman–Crippen LogP) is 0.895. The molecule has 0 bridgehead atoms. The maximum absolute atomic E-state index is 11.8. The Hall–Kier alpha value is -2.08. The lowest BCUT2D eigenvalue weighted by Crippen LogP contribution is -2.36.